The molecule has 162 valence electrons. The average molecular weight is 402 g/mol. The molecule has 0 radical (unpaired) electrons. The van der Waals surface area contributed by atoms with Crippen LogP contribution < -0.4 is 12.4 Å². The van der Waals surface area contributed by atoms with E-state index in [9.17, 15) is 4.79 Å². The molecule has 0 amide bonds. The third-order valence-electron chi connectivity index (χ3n) is 5.54. The van der Waals surface area contributed by atoms with Crippen LogP contribution in [0.15, 0.2) is 12.2 Å². The first kappa shape index (κ1) is 28.9. The van der Waals surface area contributed by atoms with Crippen LogP contribution >= 0.6 is 0 Å². The first-order valence-electron chi connectivity index (χ1n) is 11.4. The SMILES string of the molecule is C=C(C)C(=O)CC[N+](C)(C)CCCCCCCCCCCCCCCC.[Cl-]. The lowest BCUT2D eigenvalue weighted by Gasteiger charge is -2.29. The van der Waals surface area contributed by atoms with E-state index in [2.05, 4.69) is 27.6 Å². The van der Waals surface area contributed by atoms with Crippen molar-refractivity contribution < 1.29 is 21.7 Å². The molecule has 0 unspecified atom stereocenters. The molecule has 0 bridgehead atoms. The predicted molar refractivity (Wildman–Crippen MR) is 117 cm³/mol. The summed E-state index contributed by atoms with van der Waals surface area (Å²) in [6.45, 7) is 9.96. The largest absolute Gasteiger partial charge is 1.00 e. The van der Waals surface area contributed by atoms with E-state index in [4.69, 9.17) is 0 Å². The summed E-state index contributed by atoms with van der Waals surface area (Å²) in [5.74, 6) is 0.220. The Labute approximate surface area is 177 Å². The molecule has 0 aromatic carbocycles. The number of ketones is 1. The molecule has 0 fully saturated rings. The minimum absolute atomic E-state index is 0. The zero-order valence-corrected chi connectivity index (χ0v) is 19.7. The molecule has 0 N–H and O–H groups in total. The number of hydrogen-bond acceptors (Lipinski definition) is 1. The van der Waals surface area contributed by atoms with Gasteiger partial charge in [0.2, 0.25) is 0 Å². The van der Waals surface area contributed by atoms with E-state index in [-0.39, 0.29) is 18.2 Å². The molecule has 0 aromatic heterocycles. The van der Waals surface area contributed by atoms with Crippen molar-refractivity contribution >= 4 is 5.78 Å². The molecule has 27 heavy (non-hydrogen) atoms. The number of unbranched alkanes of at least 4 members (excludes halogenated alkanes) is 13. The Bertz CT molecular complexity index is 365. The van der Waals surface area contributed by atoms with Crippen LogP contribution in [-0.2, 0) is 4.79 Å². The molecule has 0 saturated carbocycles. The van der Waals surface area contributed by atoms with Crippen LogP contribution in [0.2, 0.25) is 0 Å². The van der Waals surface area contributed by atoms with Crippen molar-refractivity contribution in [1.29, 1.82) is 0 Å². The zero-order chi connectivity index (χ0) is 19.7. The van der Waals surface area contributed by atoms with Crippen LogP contribution in [0, 0.1) is 0 Å². The lowest BCUT2D eigenvalue weighted by molar-refractivity contribution is -0.889. The molecule has 0 aromatic rings. The van der Waals surface area contributed by atoms with Crippen LogP contribution in [-0.4, -0.2) is 37.5 Å². The van der Waals surface area contributed by atoms with Crippen molar-refractivity contribution in [3.63, 3.8) is 0 Å². The highest BCUT2D eigenvalue weighted by atomic mass is 35.5. The van der Waals surface area contributed by atoms with Gasteiger partial charge in [-0.05, 0) is 25.3 Å². The predicted octanol–water partition coefficient (Wildman–Crippen LogP) is 4.08. The Morgan fingerprint density at radius 1 is 0.704 bits per heavy atom. The van der Waals surface area contributed by atoms with E-state index in [1.165, 1.54) is 96.4 Å². The van der Waals surface area contributed by atoms with Crippen molar-refractivity contribution in [3.05, 3.63) is 12.2 Å². The summed E-state index contributed by atoms with van der Waals surface area (Å²) in [6, 6.07) is 0. The molecule has 0 aliphatic rings. The fraction of sp³-hybridized carbons (Fsp3) is 0.875. The summed E-state index contributed by atoms with van der Waals surface area (Å²) in [5.41, 5.74) is 0.696. The second kappa shape index (κ2) is 19.0. The molecule has 0 rings (SSSR count). The fourth-order valence-corrected chi connectivity index (χ4v) is 3.46. The van der Waals surface area contributed by atoms with E-state index in [1.54, 1.807) is 0 Å². The van der Waals surface area contributed by atoms with Gasteiger partial charge in [0.25, 0.3) is 0 Å². The average Bonchev–Trinajstić information content (AvgIpc) is 2.60. The molecule has 3 heteroatoms. The smallest absolute Gasteiger partial charge is 0.163 e. The zero-order valence-electron chi connectivity index (χ0n) is 19.0. The number of Topliss-reactive ketones (excluding diaryl/α,β-unsaturated/α-hetero) is 1. The van der Waals surface area contributed by atoms with Gasteiger partial charge in [0.05, 0.1) is 33.6 Å². The van der Waals surface area contributed by atoms with Crippen molar-refractivity contribution in [2.24, 2.45) is 0 Å². The Morgan fingerprint density at radius 3 is 1.44 bits per heavy atom. The molecule has 0 atom stereocenters. The standard InChI is InChI=1S/C24H48NO.ClH/c1-6-7-8-9-10-11-12-13-14-15-16-17-18-19-21-25(4,5)22-20-24(26)23(2)3;/h2,6-22H2,1,3-5H3;1H/q+1;/p-1. The second-order valence-corrected chi connectivity index (χ2v) is 8.93. The number of quaternary nitrogens is 1. The normalized spacial score (nSPS) is 11.3. The van der Waals surface area contributed by atoms with Crippen LogP contribution in [0.3, 0.4) is 0 Å². The number of rotatable bonds is 19. The van der Waals surface area contributed by atoms with Crippen molar-refractivity contribution in [1.82, 2.24) is 0 Å². The van der Waals surface area contributed by atoms with Crippen LogP contribution in [0.25, 0.3) is 0 Å². The monoisotopic (exact) mass is 401 g/mol. The Balaban J connectivity index is 0. The molecular weight excluding hydrogens is 354 g/mol. The van der Waals surface area contributed by atoms with Gasteiger partial charge in [0.15, 0.2) is 5.78 Å². The molecule has 2 nitrogen and oxygen atoms in total. The first-order valence-corrected chi connectivity index (χ1v) is 11.4. The van der Waals surface area contributed by atoms with E-state index >= 15 is 0 Å². The van der Waals surface area contributed by atoms with Gasteiger partial charge in [-0.15, -0.1) is 0 Å². The summed E-state index contributed by atoms with van der Waals surface area (Å²) in [7, 11) is 4.49. The van der Waals surface area contributed by atoms with Crippen molar-refractivity contribution in [2.75, 3.05) is 27.2 Å². The molecule has 0 spiro atoms. The van der Waals surface area contributed by atoms with Gasteiger partial charge in [-0.1, -0.05) is 90.6 Å². The maximum absolute atomic E-state index is 11.7. The minimum atomic E-state index is 0. The van der Waals surface area contributed by atoms with Crippen molar-refractivity contribution in [3.8, 4) is 0 Å². The van der Waals surface area contributed by atoms with E-state index in [0.29, 0.717) is 12.0 Å². The van der Waals surface area contributed by atoms with E-state index in [0.717, 1.165) is 11.0 Å². The molecule has 0 saturated heterocycles. The van der Waals surface area contributed by atoms with Crippen LogP contribution in [0.1, 0.15) is 110 Å². The van der Waals surface area contributed by atoms with E-state index in [1.807, 2.05) is 6.92 Å². The maximum Gasteiger partial charge on any atom is 0.163 e. The topological polar surface area (TPSA) is 17.1 Å². The number of nitrogens with zero attached hydrogens (tertiary/aromatic N) is 1. The Kier molecular flexibility index (Phi) is 20.3. The summed E-state index contributed by atoms with van der Waals surface area (Å²) < 4.78 is 0.956. The van der Waals surface area contributed by atoms with Gasteiger partial charge in [-0.2, -0.15) is 0 Å². The highest BCUT2D eigenvalue weighted by Crippen LogP contribution is 2.13. The first-order chi connectivity index (χ1) is 12.4. The van der Waals surface area contributed by atoms with Crippen molar-refractivity contribution in [2.45, 2.75) is 110 Å². The van der Waals surface area contributed by atoms with Gasteiger partial charge in [0, 0.05) is 0 Å². The quantitative estimate of drug-likeness (QED) is 0.181. The highest BCUT2D eigenvalue weighted by molar-refractivity contribution is 5.94. The number of carbonyl (C=O) groups excluding carboxylic acids is 1. The van der Waals surface area contributed by atoms with Gasteiger partial charge in [0.1, 0.15) is 0 Å². The number of hydrogen-bond donors (Lipinski definition) is 0. The summed E-state index contributed by atoms with van der Waals surface area (Å²) >= 11 is 0. The number of halogens is 1. The fourth-order valence-electron chi connectivity index (χ4n) is 3.46. The van der Waals surface area contributed by atoms with Gasteiger partial charge in [-0.25, -0.2) is 0 Å². The van der Waals surface area contributed by atoms with Gasteiger partial charge >= 0.3 is 0 Å². The molecule has 0 aliphatic heterocycles. The Morgan fingerprint density at radius 2 is 1.07 bits per heavy atom. The summed E-state index contributed by atoms with van der Waals surface area (Å²) in [4.78, 5) is 11.7. The van der Waals surface area contributed by atoms with Crippen LogP contribution in [0.5, 0.6) is 0 Å². The highest BCUT2D eigenvalue weighted by Gasteiger charge is 2.16. The lowest BCUT2D eigenvalue weighted by Crippen LogP contribution is -3.00. The van der Waals surface area contributed by atoms with Crippen LogP contribution in [0.4, 0.5) is 0 Å². The summed E-state index contributed by atoms with van der Waals surface area (Å²) in [6.07, 6.45) is 20.3. The molecule has 0 aliphatic carbocycles. The number of carbonyl (C=O) groups is 1. The van der Waals surface area contributed by atoms with Gasteiger partial charge < -0.3 is 16.9 Å². The van der Waals surface area contributed by atoms with E-state index < -0.39 is 0 Å². The Hall–Kier alpha value is -0.340. The minimum Gasteiger partial charge on any atom is -1.00 e. The van der Waals surface area contributed by atoms with Gasteiger partial charge in [-0.3, -0.25) is 4.79 Å². The third kappa shape index (κ3) is 20.2. The second-order valence-electron chi connectivity index (χ2n) is 8.93. The maximum atomic E-state index is 11.7. The summed E-state index contributed by atoms with van der Waals surface area (Å²) in [5, 5.41) is 0. The molecular formula is C24H48ClNO. The molecule has 0 heterocycles. The number of allylic oxidation sites excluding steroid dienone is 1. The lowest BCUT2D eigenvalue weighted by atomic mass is 10.0. The third-order valence-corrected chi connectivity index (χ3v) is 5.54.